The van der Waals surface area contributed by atoms with E-state index >= 15 is 0 Å². The van der Waals surface area contributed by atoms with E-state index in [1.165, 1.54) is 0 Å². The van der Waals surface area contributed by atoms with E-state index < -0.39 is 5.79 Å². The number of halogens is 2. The van der Waals surface area contributed by atoms with Crippen molar-refractivity contribution in [2.24, 2.45) is 0 Å². The largest absolute Gasteiger partial charge is 0.491 e. The predicted octanol–water partition coefficient (Wildman–Crippen LogP) is 6.50. The van der Waals surface area contributed by atoms with Crippen LogP contribution >= 0.6 is 35.0 Å². The molecule has 0 amide bonds. The lowest BCUT2D eigenvalue weighted by Gasteiger charge is -2.30. The average molecular weight is 558 g/mol. The van der Waals surface area contributed by atoms with Gasteiger partial charge >= 0.3 is 0 Å². The summed E-state index contributed by atoms with van der Waals surface area (Å²) in [6.07, 6.45) is 7.86. The van der Waals surface area contributed by atoms with Gasteiger partial charge in [-0.2, -0.15) is 0 Å². The number of thioether (sulfide) groups is 1. The van der Waals surface area contributed by atoms with Crippen molar-refractivity contribution >= 4 is 35.0 Å². The Morgan fingerprint density at radius 1 is 1.14 bits per heavy atom. The second-order valence-electron chi connectivity index (χ2n) is 8.57. The van der Waals surface area contributed by atoms with Crippen LogP contribution in [-0.2, 0) is 21.8 Å². The molecule has 2 aromatic heterocycles. The summed E-state index contributed by atoms with van der Waals surface area (Å²) in [5.74, 6) is 0.649. The Bertz CT molecular complexity index is 1320. The first kappa shape index (κ1) is 26.0. The standard InChI is InChI=1S/C27H26Cl2N4O3S/c1-2-13-37-26-31-10-9-25(32-26)19-3-6-21(7-4-19)34-15-22-16-35-27(36-22,17-33-12-11-30-18-33)23-8-5-20(28)14-24(23)29/h3-12,14,18,22H,2,13,15-17H2,1H3/t22-,27-/m1/s1. The van der Waals surface area contributed by atoms with Crippen LogP contribution in [0.5, 0.6) is 5.75 Å². The van der Waals surface area contributed by atoms with E-state index in [2.05, 4.69) is 21.9 Å². The number of hydrogen-bond acceptors (Lipinski definition) is 7. The number of imidazole rings is 1. The van der Waals surface area contributed by atoms with Gasteiger partial charge in [0.05, 0.1) is 30.2 Å². The molecule has 0 spiro atoms. The Kier molecular flexibility index (Phi) is 8.32. The highest BCUT2D eigenvalue weighted by Gasteiger charge is 2.45. The fourth-order valence-corrected chi connectivity index (χ4v) is 5.29. The Labute approximate surface area is 230 Å². The van der Waals surface area contributed by atoms with Crippen LogP contribution in [0.25, 0.3) is 11.3 Å². The molecule has 2 aromatic carbocycles. The van der Waals surface area contributed by atoms with Crippen LogP contribution < -0.4 is 4.74 Å². The molecular formula is C27H26Cl2N4O3S. The third kappa shape index (κ3) is 6.27. The molecule has 37 heavy (non-hydrogen) atoms. The number of benzene rings is 2. The van der Waals surface area contributed by atoms with Crippen molar-refractivity contribution in [3.05, 3.63) is 89.1 Å². The molecule has 1 fully saturated rings. The summed E-state index contributed by atoms with van der Waals surface area (Å²) in [6.45, 7) is 3.20. The average Bonchev–Trinajstić information content (AvgIpc) is 3.57. The molecule has 1 saturated heterocycles. The molecule has 1 aliphatic heterocycles. The first-order valence-electron chi connectivity index (χ1n) is 12.0. The Hall–Kier alpha value is -2.62. The molecule has 2 atom stereocenters. The highest BCUT2D eigenvalue weighted by molar-refractivity contribution is 7.99. The molecular weight excluding hydrogens is 531 g/mol. The van der Waals surface area contributed by atoms with Crippen LogP contribution in [0.1, 0.15) is 18.9 Å². The first-order valence-corrected chi connectivity index (χ1v) is 13.7. The minimum absolute atomic E-state index is 0.296. The van der Waals surface area contributed by atoms with E-state index in [0.717, 1.165) is 34.3 Å². The minimum atomic E-state index is -1.08. The van der Waals surface area contributed by atoms with Gasteiger partial charge in [-0.1, -0.05) is 48.0 Å². The smallest absolute Gasteiger partial charge is 0.215 e. The molecule has 4 aromatic rings. The van der Waals surface area contributed by atoms with Crippen molar-refractivity contribution in [1.82, 2.24) is 19.5 Å². The van der Waals surface area contributed by atoms with E-state index in [1.807, 2.05) is 47.2 Å². The molecule has 0 N–H and O–H groups in total. The maximum absolute atomic E-state index is 6.55. The number of aromatic nitrogens is 4. The maximum atomic E-state index is 6.55. The Balaban J connectivity index is 1.25. The van der Waals surface area contributed by atoms with Crippen LogP contribution in [0.15, 0.2) is 78.6 Å². The lowest BCUT2D eigenvalue weighted by Crippen LogP contribution is -2.34. The Morgan fingerprint density at radius 2 is 2.00 bits per heavy atom. The van der Waals surface area contributed by atoms with Gasteiger partial charge in [0, 0.05) is 40.5 Å². The van der Waals surface area contributed by atoms with Crippen LogP contribution in [-0.4, -0.2) is 44.6 Å². The molecule has 0 radical (unpaired) electrons. The summed E-state index contributed by atoms with van der Waals surface area (Å²) >= 11 is 14.3. The van der Waals surface area contributed by atoms with E-state index in [1.54, 1.807) is 42.6 Å². The number of hydrogen-bond donors (Lipinski definition) is 0. The molecule has 3 heterocycles. The number of rotatable bonds is 10. The van der Waals surface area contributed by atoms with Gasteiger partial charge in [-0.15, -0.1) is 0 Å². The predicted molar refractivity (Wildman–Crippen MR) is 145 cm³/mol. The van der Waals surface area contributed by atoms with Crippen molar-refractivity contribution in [2.45, 2.75) is 36.9 Å². The summed E-state index contributed by atoms with van der Waals surface area (Å²) in [7, 11) is 0. The summed E-state index contributed by atoms with van der Waals surface area (Å²) in [6, 6.07) is 15.1. The fraction of sp³-hybridized carbons (Fsp3) is 0.296. The zero-order valence-electron chi connectivity index (χ0n) is 20.2. The highest BCUT2D eigenvalue weighted by atomic mass is 35.5. The van der Waals surface area contributed by atoms with E-state index in [0.29, 0.717) is 35.4 Å². The maximum Gasteiger partial charge on any atom is 0.215 e. The van der Waals surface area contributed by atoms with Crippen LogP contribution in [0.2, 0.25) is 10.0 Å². The lowest BCUT2D eigenvalue weighted by atomic mass is 10.1. The van der Waals surface area contributed by atoms with E-state index in [-0.39, 0.29) is 6.10 Å². The normalized spacial score (nSPS) is 19.3. The molecule has 0 aliphatic carbocycles. The monoisotopic (exact) mass is 556 g/mol. The van der Waals surface area contributed by atoms with Gasteiger partial charge in [0.2, 0.25) is 5.79 Å². The van der Waals surface area contributed by atoms with Crippen molar-refractivity contribution in [2.75, 3.05) is 19.0 Å². The number of nitrogens with zero attached hydrogens (tertiary/aromatic N) is 4. The molecule has 10 heteroatoms. The van der Waals surface area contributed by atoms with Gasteiger partial charge in [-0.3, -0.25) is 0 Å². The molecule has 0 unspecified atom stereocenters. The zero-order valence-corrected chi connectivity index (χ0v) is 22.5. The van der Waals surface area contributed by atoms with Crippen molar-refractivity contribution in [1.29, 1.82) is 0 Å². The second kappa shape index (κ2) is 11.8. The van der Waals surface area contributed by atoms with Gasteiger partial charge < -0.3 is 18.8 Å². The Morgan fingerprint density at radius 3 is 2.76 bits per heavy atom. The quantitative estimate of drug-likeness (QED) is 0.163. The zero-order chi connectivity index (χ0) is 25.7. The van der Waals surface area contributed by atoms with Gasteiger partial charge in [-0.05, 0) is 48.9 Å². The molecule has 5 rings (SSSR count). The highest BCUT2D eigenvalue weighted by Crippen LogP contribution is 2.40. The number of ether oxygens (including phenoxy) is 3. The van der Waals surface area contributed by atoms with Gasteiger partial charge in [-0.25, -0.2) is 15.0 Å². The van der Waals surface area contributed by atoms with Gasteiger partial charge in [0.15, 0.2) is 5.16 Å². The fourth-order valence-electron chi connectivity index (χ4n) is 4.05. The van der Waals surface area contributed by atoms with E-state index in [9.17, 15) is 0 Å². The third-order valence-corrected chi connectivity index (χ3v) is 7.42. The van der Waals surface area contributed by atoms with Crippen LogP contribution in [0, 0.1) is 0 Å². The topological polar surface area (TPSA) is 71.3 Å². The second-order valence-corrected chi connectivity index (χ2v) is 10.5. The van der Waals surface area contributed by atoms with Crippen molar-refractivity contribution in [3.63, 3.8) is 0 Å². The summed E-state index contributed by atoms with van der Waals surface area (Å²) in [5.41, 5.74) is 2.60. The summed E-state index contributed by atoms with van der Waals surface area (Å²) in [4.78, 5) is 13.1. The van der Waals surface area contributed by atoms with Gasteiger partial charge in [0.25, 0.3) is 0 Å². The third-order valence-electron chi connectivity index (χ3n) is 5.81. The SMILES string of the molecule is CCCSc1nccc(-c2ccc(OC[C@@H]3CO[C@@](Cn4ccnc4)(c4ccc(Cl)cc4Cl)O3)cc2)n1. The first-order chi connectivity index (χ1) is 18.0. The van der Waals surface area contributed by atoms with Crippen molar-refractivity contribution < 1.29 is 14.2 Å². The van der Waals surface area contributed by atoms with Gasteiger partial charge in [0.1, 0.15) is 18.5 Å². The van der Waals surface area contributed by atoms with Crippen molar-refractivity contribution in [3.8, 4) is 17.0 Å². The van der Waals surface area contributed by atoms with Crippen LogP contribution in [0.3, 0.4) is 0 Å². The molecule has 192 valence electrons. The lowest BCUT2D eigenvalue weighted by molar-refractivity contribution is -0.189. The molecule has 0 saturated carbocycles. The molecule has 0 bridgehead atoms. The molecule has 1 aliphatic rings. The molecule has 7 nitrogen and oxygen atoms in total. The summed E-state index contributed by atoms with van der Waals surface area (Å²) in [5, 5.41) is 1.81. The van der Waals surface area contributed by atoms with E-state index in [4.69, 9.17) is 37.4 Å². The van der Waals surface area contributed by atoms with Crippen LogP contribution in [0.4, 0.5) is 0 Å². The summed E-state index contributed by atoms with van der Waals surface area (Å²) < 4.78 is 20.6. The minimum Gasteiger partial charge on any atom is -0.491 e.